The molecule has 0 aliphatic heterocycles. The first-order valence-corrected chi connectivity index (χ1v) is 10.4. The molecule has 0 atom stereocenters. The van der Waals surface area contributed by atoms with Gasteiger partial charge in [0.15, 0.2) is 0 Å². The minimum atomic E-state index is -3.75. The molecule has 0 amide bonds. The lowest BCUT2D eigenvalue weighted by molar-refractivity contribution is 0.600. The van der Waals surface area contributed by atoms with Crippen LogP contribution in [0.2, 0.25) is 0 Å². The molecule has 25 heavy (non-hydrogen) atoms. The van der Waals surface area contributed by atoms with Crippen LogP contribution in [0.1, 0.15) is 6.92 Å². The second kappa shape index (κ2) is 7.63. The largest absolute Gasteiger partial charge is 0.219 e. The maximum absolute atomic E-state index is 12.6. The molecule has 2 aromatic carbocycles. The summed E-state index contributed by atoms with van der Waals surface area (Å²) in [7, 11) is -7.42. The Kier molecular flexibility index (Phi) is 5.77. The quantitative estimate of drug-likeness (QED) is 0.719. The van der Waals surface area contributed by atoms with Crippen molar-refractivity contribution in [3.05, 3.63) is 95.3 Å². The molecule has 0 unspecified atom stereocenters. The van der Waals surface area contributed by atoms with E-state index in [1.54, 1.807) is 36.4 Å². The van der Waals surface area contributed by atoms with Gasteiger partial charge in [-0.15, -0.1) is 0 Å². The fourth-order valence-electron chi connectivity index (χ4n) is 2.08. The molecule has 0 radical (unpaired) electrons. The molecule has 0 saturated heterocycles. The summed E-state index contributed by atoms with van der Waals surface area (Å²) in [5.74, 6) is 0. The SMILES string of the molecule is C=C/C(=C\C=C(/C)S(=O)(=O)c1ccccc1)S(=O)(=O)c1ccccc1. The van der Waals surface area contributed by atoms with E-state index >= 15 is 0 Å². The molecule has 4 nitrogen and oxygen atoms in total. The zero-order valence-electron chi connectivity index (χ0n) is 13.7. The predicted molar refractivity (Wildman–Crippen MR) is 99.3 cm³/mol. The van der Waals surface area contributed by atoms with Gasteiger partial charge >= 0.3 is 0 Å². The third-order valence-corrected chi connectivity index (χ3v) is 7.22. The van der Waals surface area contributed by atoms with Crippen LogP contribution in [0.3, 0.4) is 0 Å². The van der Waals surface area contributed by atoms with Gasteiger partial charge in [-0.3, -0.25) is 0 Å². The van der Waals surface area contributed by atoms with Crippen LogP contribution >= 0.6 is 0 Å². The van der Waals surface area contributed by atoms with E-state index in [0.717, 1.165) is 0 Å². The lowest BCUT2D eigenvalue weighted by atomic mass is 10.4. The van der Waals surface area contributed by atoms with E-state index in [1.807, 2.05) is 0 Å². The lowest BCUT2D eigenvalue weighted by Crippen LogP contribution is -2.04. The van der Waals surface area contributed by atoms with Gasteiger partial charge in [-0.25, -0.2) is 16.8 Å². The fraction of sp³-hybridized carbons (Fsp3) is 0.0526. The summed E-state index contributed by atoms with van der Waals surface area (Å²) in [5, 5.41) is 0. The molecule has 0 heterocycles. The topological polar surface area (TPSA) is 68.3 Å². The number of benzene rings is 2. The molecule has 0 aromatic heterocycles. The van der Waals surface area contributed by atoms with Gasteiger partial charge in [0.25, 0.3) is 0 Å². The summed E-state index contributed by atoms with van der Waals surface area (Å²) in [6.07, 6.45) is 3.73. The number of allylic oxidation sites excluding steroid dienone is 4. The van der Waals surface area contributed by atoms with Crippen LogP contribution in [0.15, 0.2) is 105 Å². The molecular formula is C19H18O4S2. The number of hydrogen-bond donors (Lipinski definition) is 0. The Hall–Kier alpha value is -2.44. The molecule has 0 N–H and O–H groups in total. The summed E-state index contributed by atoms with van der Waals surface area (Å²) in [5.41, 5.74) is 0. The minimum absolute atomic E-state index is 0.0429. The zero-order chi connectivity index (χ0) is 18.5. The van der Waals surface area contributed by atoms with Crippen LogP contribution in [-0.2, 0) is 19.7 Å². The van der Waals surface area contributed by atoms with E-state index in [-0.39, 0.29) is 19.6 Å². The molecule has 6 heteroatoms. The zero-order valence-corrected chi connectivity index (χ0v) is 15.3. The van der Waals surface area contributed by atoms with Crippen molar-refractivity contribution in [1.29, 1.82) is 0 Å². The second-order valence-corrected chi connectivity index (χ2v) is 9.26. The number of hydrogen-bond acceptors (Lipinski definition) is 4. The first-order chi connectivity index (χ1) is 11.8. The van der Waals surface area contributed by atoms with Crippen LogP contribution in [-0.4, -0.2) is 16.8 Å². The molecule has 0 aliphatic carbocycles. The molecule has 130 valence electrons. The molecule has 0 bridgehead atoms. The Labute approximate surface area is 148 Å². The Bertz CT molecular complexity index is 1020. The third-order valence-electron chi connectivity index (χ3n) is 3.52. The van der Waals surface area contributed by atoms with Crippen molar-refractivity contribution in [2.75, 3.05) is 0 Å². The van der Waals surface area contributed by atoms with Crippen molar-refractivity contribution in [2.24, 2.45) is 0 Å². The van der Waals surface area contributed by atoms with E-state index in [2.05, 4.69) is 6.58 Å². The van der Waals surface area contributed by atoms with Gasteiger partial charge in [0.1, 0.15) is 0 Å². The van der Waals surface area contributed by atoms with Gasteiger partial charge in [-0.1, -0.05) is 49.1 Å². The van der Waals surface area contributed by atoms with Crippen molar-refractivity contribution < 1.29 is 16.8 Å². The Morgan fingerprint density at radius 3 is 1.64 bits per heavy atom. The van der Waals surface area contributed by atoms with Crippen molar-refractivity contribution >= 4 is 19.7 Å². The molecular weight excluding hydrogens is 356 g/mol. The maximum atomic E-state index is 12.6. The van der Waals surface area contributed by atoms with Gasteiger partial charge in [0.05, 0.1) is 14.7 Å². The molecule has 0 aliphatic rings. The average Bonchev–Trinajstić information content (AvgIpc) is 2.63. The van der Waals surface area contributed by atoms with Crippen LogP contribution in [0.25, 0.3) is 0 Å². The smallest absolute Gasteiger partial charge is 0.206 e. The van der Waals surface area contributed by atoms with E-state index < -0.39 is 19.7 Å². The minimum Gasteiger partial charge on any atom is -0.219 e. The Morgan fingerprint density at radius 2 is 1.20 bits per heavy atom. The normalized spacial score (nSPS) is 13.5. The summed E-state index contributed by atoms with van der Waals surface area (Å²) in [4.78, 5) is 0.254. The fourth-order valence-corrected chi connectivity index (χ4v) is 4.47. The number of rotatable bonds is 6. The molecule has 0 saturated carbocycles. The van der Waals surface area contributed by atoms with Crippen molar-refractivity contribution in [3.8, 4) is 0 Å². The second-order valence-electron chi connectivity index (χ2n) is 5.18. The lowest BCUT2D eigenvalue weighted by Gasteiger charge is -2.06. The summed E-state index contributed by atoms with van der Waals surface area (Å²) in [6, 6.07) is 15.9. The summed E-state index contributed by atoms with van der Waals surface area (Å²) < 4.78 is 50.1. The molecule has 2 aromatic rings. The van der Waals surface area contributed by atoms with Gasteiger partial charge in [0, 0.05) is 4.91 Å². The highest BCUT2D eigenvalue weighted by Crippen LogP contribution is 2.22. The highest BCUT2D eigenvalue weighted by molar-refractivity contribution is 7.95. The van der Waals surface area contributed by atoms with Crippen molar-refractivity contribution in [2.45, 2.75) is 16.7 Å². The predicted octanol–water partition coefficient (Wildman–Crippen LogP) is 3.91. The van der Waals surface area contributed by atoms with Crippen molar-refractivity contribution in [3.63, 3.8) is 0 Å². The van der Waals surface area contributed by atoms with E-state index in [4.69, 9.17) is 0 Å². The molecule has 2 rings (SSSR count). The first kappa shape index (κ1) is 18.9. The van der Waals surface area contributed by atoms with Crippen molar-refractivity contribution in [1.82, 2.24) is 0 Å². The van der Waals surface area contributed by atoms with Gasteiger partial charge in [-0.2, -0.15) is 0 Å². The number of sulfone groups is 2. The highest BCUT2D eigenvalue weighted by atomic mass is 32.2. The Balaban J connectivity index is 2.44. The van der Waals surface area contributed by atoms with E-state index in [1.165, 1.54) is 49.4 Å². The third kappa shape index (κ3) is 4.15. The van der Waals surface area contributed by atoms with Crippen LogP contribution in [0.4, 0.5) is 0 Å². The maximum Gasteiger partial charge on any atom is 0.206 e. The monoisotopic (exact) mass is 374 g/mol. The van der Waals surface area contributed by atoms with Gasteiger partial charge in [0.2, 0.25) is 19.7 Å². The van der Waals surface area contributed by atoms with E-state index in [0.29, 0.717) is 0 Å². The van der Waals surface area contributed by atoms with Gasteiger partial charge < -0.3 is 0 Å². The van der Waals surface area contributed by atoms with Gasteiger partial charge in [-0.05, 0) is 43.3 Å². The summed E-state index contributed by atoms with van der Waals surface area (Å²) in [6.45, 7) is 4.95. The van der Waals surface area contributed by atoms with Crippen LogP contribution in [0, 0.1) is 0 Å². The summed E-state index contributed by atoms with van der Waals surface area (Å²) >= 11 is 0. The highest BCUT2D eigenvalue weighted by Gasteiger charge is 2.19. The van der Waals surface area contributed by atoms with E-state index in [9.17, 15) is 16.8 Å². The standard InChI is InChI=1S/C19H18O4S2/c1-3-17(25(22,23)19-12-8-5-9-13-19)15-14-16(2)24(20,21)18-10-6-4-7-11-18/h3-15H,1H2,2H3/b16-14+,17-15+. The molecule has 0 spiro atoms. The average molecular weight is 374 g/mol. The van der Waals surface area contributed by atoms with Crippen LogP contribution in [0.5, 0.6) is 0 Å². The van der Waals surface area contributed by atoms with Crippen LogP contribution < -0.4 is 0 Å². The molecule has 0 fully saturated rings. The first-order valence-electron chi connectivity index (χ1n) is 7.41. The Morgan fingerprint density at radius 1 is 0.760 bits per heavy atom.